The van der Waals surface area contributed by atoms with Crippen LogP contribution in [-0.4, -0.2) is 27.0 Å². The van der Waals surface area contributed by atoms with Gasteiger partial charge in [-0.25, -0.2) is 4.98 Å². The number of carbonyl (C=O) groups excluding carboxylic acids is 1. The number of carbonyl (C=O) groups is 2. The molecule has 3 N–H and O–H groups in total. The number of rotatable bonds is 5. The summed E-state index contributed by atoms with van der Waals surface area (Å²) >= 11 is 0. The van der Waals surface area contributed by atoms with E-state index >= 15 is 0 Å². The predicted octanol–water partition coefficient (Wildman–Crippen LogP) is 2.05. The van der Waals surface area contributed by atoms with E-state index in [-0.39, 0.29) is 12.3 Å². The van der Waals surface area contributed by atoms with E-state index in [4.69, 9.17) is 5.11 Å². The van der Waals surface area contributed by atoms with E-state index in [1.165, 1.54) is 6.92 Å². The molecule has 104 valence electrons. The van der Waals surface area contributed by atoms with Crippen molar-refractivity contribution in [3.8, 4) is 11.4 Å². The minimum atomic E-state index is -0.839. The molecule has 0 spiro atoms. The van der Waals surface area contributed by atoms with E-state index in [2.05, 4.69) is 15.3 Å². The lowest BCUT2D eigenvalue weighted by Crippen LogP contribution is -2.05. The van der Waals surface area contributed by atoms with Gasteiger partial charge in [-0.3, -0.25) is 9.59 Å². The number of carboxylic acid groups (broad SMARTS) is 1. The second-order valence-electron chi connectivity index (χ2n) is 4.41. The molecule has 2 aromatic rings. The van der Waals surface area contributed by atoms with Crippen LogP contribution in [0.5, 0.6) is 0 Å². The molecule has 0 radical (unpaired) electrons. The summed E-state index contributed by atoms with van der Waals surface area (Å²) in [5.74, 6) is -0.324. The molecule has 1 aromatic heterocycles. The van der Waals surface area contributed by atoms with Crippen molar-refractivity contribution in [3.63, 3.8) is 0 Å². The zero-order valence-corrected chi connectivity index (χ0v) is 11.0. The monoisotopic (exact) mass is 273 g/mol. The lowest BCUT2D eigenvalue weighted by atomic mass is 10.2. The highest BCUT2D eigenvalue weighted by Crippen LogP contribution is 2.20. The van der Waals surface area contributed by atoms with Gasteiger partial charge in [-0.1, -0.05) is 12.1 Å². The minimum Gasteiger partial charge on any atom is -0.481 e. The van der Waals surface area contributed by atoms with Crippen molar-refractivity contribution in [1.29, 1.82) is 0 Å². The number of hydrogen-bond donors (Lipinski definition) is 3. The first-order chi connectivity index (χ1) is 9.54. The number of anilines is 1. The number of aromatic amines is 1. The Morgan fingerprint density at radius 3 is 2.90 bits per heavy atom. The molecule has 1 aromatic carbocycles. The molecule has 20 heavy (non-hydrogen) atoms. The number of aromatic nitrogens is 2. The Kier molecular flexibility index (Phi) is 4.14. The highest BCUT2D eigenvalue weighted by molar-refractivity contribution is 5.89. The van der Waals surface area contributed by atoms with Gasteiger partial charge in [-0.15, -0.1) is 0 Å². The molecular weight excluding hydrogens is 258 g/mol. The van der Waals surface area contributed by atoms with Crippen molar-refractivity contribution in [2.45, 2.75) is 19.8 Å². The Morgan fingerprint density at radius 1 is 1.40 bits per heavy atom. The number of aliphatic carboxylic acids is 1. The van der Waals surface area contributed by atoms with Crippen LogP contribution in [0.1, 0.15) is 19.0 Å². The topological polar surface area (TPSA) is 95.1 Å². The summed E-state index contributed by atoms with van der Waals surface area (Å²) in [5.41, 5.74) is 2.30. The third-order valence-electron chi connectivity index (χ3n) is 2.69. The largest absolute Gasteiger partial charge is 0.481 e. The fraction of sp³-hybridized carbons (Fsp3) is 0.214. The van der Waals surface area contributed by atoms with Crippen molar-refractivity contribution < 1.29 is 14.7 Å². The fourth-order valence-electron chi connectivity index (χ4n) is 1.82. The molecule has 2 rings (SSSR count). The summed E-state index contributed by atoms with van der Waals surface area (Å²) in [4.78, 5) is 28.8. The molecule has 0 aliphatic carbocycles. The van der Waals surface area contributed by atoms with Crippen LogP contribution in [-0.2, 0) is 16.0 Å². The Hall–Kier alpha value is -2.63. The molecule has 0 aliphatic heterocycles. The summed E-state index contributed by atoms with van der Waals surface area (Å²) in [7, 11) is 0. The van der Waals surface area contributed by atoms with Gasteiger partial charge in [-0.2, -0.15) is 0 Å². The van der Waals surface area contributed by atoms with E-state index in [0.29, 0.717) is 17.9 Å². The second-order valence-corrected chi connectivity index (χ2v) is 4.41. The zero-order chi connectivity index (χ0) is 14.5. The first kappa shape index (κ1) is 13.8. The van der Waals surface area contributed by atoms with Crippen LogP contribution in [0.15, 0.2) is 30.5 Å². The maximum Gasteiger partial charge on any atom is 0.303 e. The van der Waals surface area contributed by atoms with Gasteiger partial charge >= 0.3 is 5.97 Å². The van der Waals surface area contributed by atoms with Gasteiger partial charge in [0.25, 0.3) is 0 Å². The number of H-pyrrole nitrogens is 1. The van der Waals surface area contributed by atoms with Crippen molar-refractivity contribution in [2.24, 2.45) is 0 Å². The molecule has 0 atom stereocenters. The van der Waals surface area contributed by atoms with Gasteiger partial charge in [0.15, 0.2) is 0 Å². The van der Waals surface area contributed by atoms with E-state index in [9.17, 15) is 9.59 Å². The van der Waals surface area contributed by atoms with Crippen LogP contribution in [0.2, 0.25) is 0 Å². The Bertz CT molecular complexity index is 634. The standard InChI is InChI=1S/C14H15N3O3/c1-9(18)16-11-4-2-3-10(7-11)14-15-8-12(17-14)5-6-13(19)20/h2-4,7-8H,5-6H2,1H3,(H,15,17)(H,16,18)(H,19,20). The number of imidazole rings is 1. The van der Waals surface area contributed by atoms with Crippen LogP contribution < -0.4 is 5.32 Å². The predicted molar refractivity (Wildman–Crippen MR) is 74.3 cm³/mol. The average molecular weight is 273 g/mol. The average Bonchev–Trinajstić information content (AvgIpc) is 2.84. The SMILES string of the molecule is CC(=O)Nc1cccc(-c2ncc(CCC(=O)O)[nH]2)c1. The zero-order valence-electron chi connectivity index (χ0n) is 11.0. The van der Waals surface area contributed by atoms with Gasteiger partial charge in [0.2, 0.25) is 5.91 Å². The molecule has 0 bridgehead atoms. The summed E-state index contributed by atoms with van der Waals surface area (Å²) in [6.07, 6.45) is 2.10. The highest BCUT2D eigenvalue weighted by atomic mass is 16.4. The summed E-state index contributed by atoms with van der Waals surface area (Å²) in [6, 6.07) is 7.28. The summed E-state index contributed by atoms with van der Waals surface area (Å²) in [6.45, 7) is 1.45. The highest BCUT2D eigenvalue weighted by Gasteiger charge is 2.06. The van der Waals surface area contributed by atoms with E-state index in [1.807, 2.05) is 12.1 Å². The van der Waals surface area contributed by atoms with Crippen LogP contribution >= 0.6 is 0 Å². The lowest BCUT2D eigenvalue weighted by Gasteiger charge is -2.03. The van der Waals surface area contributed by atoms with Crippen LogP contribution in [0.3, 0.4) is 0 Å². The third kappa shape index (κ3) is 3.68. The second kappa shape index (κ2) is 6.01. The maximum atomic E-state index is 11.0. The Balaban J connectivity index is 2.15. The number of nitrogens with zero attached hydrogens (tertiary/aromatic N) is 1. The molecule has 6 nitrogen and oxygen atoms in total. The third-order valence-corrected chi connectivity index (χ3v) is 2.69. The molecule has 1 amide bonds. The number of nitrogens with one attached hydrogen (secondary N) is 2. The molecule has 0 aliphatic rings. The van der Waals surface area contributed by atoms with Crippen molar-refractivity contribution in [1.82, 2.24) is 9.97 Å². The smallest absolute Gasteiger partial charge is 0.303 e. The fourth-order valence-corrected chi connectivity index (χ4v) is 1.82. The summed E-state index contributed by atoms with van der Waals surface area (Å²) < 4.78 is 0. The number of hydrogen-bond acceptors (Lipinski definition) is 3. The maximum absolute atomic E-state index is 11.0. The van der Waals surface area contributed by atoms with E-state index < -0.39 is 5.97 Å². The Labute approximate surface area is 115 Å². The van der Waals surface area contributed by atoms with Gasteiger partial charge in [0, 0.05) is 30.1 Å². The number of amides is 1. The normalized spacial score (nSPS) is 10.2. The molecule has 6 heteroatoms. The van der Waals surface area contributed by atoms with Crippen molar-refractivity contribution in [3.05, 3.63) is 36.2 Å². The molecule has 1 heterocycles. The summed E-state index contributed by atoms with van der Waals surface area (Å²) in [5, 5.41) is 11.3. The van der Waals surface area contributed by atoms with E-state index in [1.54, 1.807) is 18.3 Å². The molecule has 0 saturated carbocycles. The van der Waals surface area contributed by atoms with Gasteiger partial charge in [0.05, 0.1) is 6.42 Å². The van der Waals surface area contributed by atoms with Crippen molar-refractivity contribution >= 4 is 17.6 Å². The van der Waals surface area contributed by atoms with Gasteiger partial charge in [-0.05, 0) is 18.6 Å². The number of carboxylic acids is 1. The quantitative estimate of drug-likeness (QED) is 0.777. The van der Waals surface area contributed by atoms with Gasteiger partial charge in [0.1, 0.15) is 5.82 Å². The first-order valence-electron chi connectivity index (χ1n) is 6.18. The first-order valence-corrected chi connectivity index (χ1v) is 6.18. The number of aryl methyl sites for hydroxylation is 1. The van der Waals surface area contributed by atoms with Crippen LogP contribution in [0.25, 0.3) is 11.4 Å². The van der Waals surface area contributed by atoms with Crippen LogP contribution in [0, 0.1) is 0 Å². The van der Waals surface area contributed by atoms with Crippen LogP contribution in [0.4, 0.5) is 5.69 Å². The van der Waals surface area contributed by atoms with Gasteiger partial charge < -0.3 is 15.4 Å². The molecular formula is C14H15N3O3. The number of benzene rings is 1. The lowest BCUT2D eigenvalue weighted by molar-refractivity contribution is -0.137. The van der Waals surface area contributed by atoms with E-state index in [0.717, 1.165) is 11.3 Å². The Morgan fingerprint density at radius 2 is 2.20 bits per heavy atom. The molecule has 0 unspecified atom stereocenters. The molecule has 0 fully saturated rings. The van der Waals surface area contributed by atoms with Crippen molar-refractivity contribution in [2.75, 3.05) is 5.32 Å². The minimum absolute atomic E-state index is 0.0631. The molecule has 0 saturated heterocycles.